The normalized spacial score (nSPS) is 15.6. The van der Waals surface area contributed by atoms with Crippen molar-refractivity contribution in [2.24, 2.45) is 5.92 Å². The van der Waals surface area contributed by atoms with Gasteiger partial charge in [-0.1, -0.05) is 42.8 Å². The van der Waals surface area contributed by atoms with Gasteiger partial charge in [-0.25, -0.2) is 0 Å². The molecule has 2 aromatic carbocycles. The Morgan fingerprint density at radius 1 is 0.950 bits per heavy atom. The molecule has 0 spiro atoms. The van der Waals surface area contributed by atoms with E-state index < -0.39 is 0 Å². The summed E-state index contributed by atoms with van der Waals surface area (Å²) in [5.74, 6) is 4.67. The van der Waals surface area contributed by atoms with Crippen molar-refractivity contribution in [1.29, 1.82) is 0 Å². The van der Waals surface area contributed by atoms with Crippen LogP contribution in [0.25, 0.3) is 11.3 Å². The Bertz CT molecular complexity index is 1480. The number of hydrogen-bond donors (Lipinski definition) is 2. The average Bonchev–Trinajstić information content (AvgIpc) is 3.45. The second kappa shape index (κ2) is 11.9. The average molecular weight is 573 g/mol. The quantitative estimate of drug-likeness (QED) is 0.248. The SMILES string of the molecule is CC1CCN(c2cc(N3CCc4ccccc4C3)nc(NC(=S)NCc3ccc(-c4ccc(Cl)cc4)o3)n2)CC1. The molecule has 4 heterocycles. The number of halogens is 1. The molecule has 7 nitrogen and oxygen atoms in total. The van der Waals surface area contributed by atoms with Crippen LogP contribution < -0.4 is 20.4 Å². The molecule has 40 heavy (non-hydrogen) atoms. The molecule has 6 rings (SSSR count). The topological polar surface area (TPSA) is 69.5 Å². The van der Waals surface area contributed by atoms with Crippen molar-refractivity contribution in [3.8, 4) is 11.3 Å². The fraction of sp³-hybridized carbons (Fsp3) is 0.323. The number of hydrogen-bond acceptors (Lipinski definition) is 6. The first kappa shape index (κ1) is 26.6. The number of furan rings is 1. The molecule has 206 valence electrons. The Labute approximate surface area is 245 Å². The molecule has 2 aliphatic rings. The summed E-state index contributed by atoms with van der Waals surface area (Å²) in [4.78, 5) is 14.5. The lowest BCUT2D eigenvalue weighted by molar-refractivity contribution is 0.436. The van der Waals surface area contributed by atoms with E-state index in [-0.39, 0.29) is 0 Å². The van der Waals surface area contributed by atoms with Gasteiger partial charge in [0.15, 0.2) is 5.11 Å². The lowest BCUT2D eigenvalue weighted by atomic mass is 9.99. The molecule has 0 aliphatic carbocycles. The predicted molar refractivity (Wildman–Crippen MR) is 166 cm³/mol. The first-order chi connectivity index (χ1) is 19.5. The van der Waals surface area contributed by atoms with E-state index in [1.54, 1.807) is 0 Å². The van der Waals surface area contributed by atoms with E-state index in [0.717, 1.165) is 67.2 Å². The highest BCUT2D eigenvalue weighted by molar-refractivity contribution is 7.80. The summed E-state index contributed by atoms with van der Waals surface area (Å²) in [6, 6.07) is 22.3. The number of aromatic nitrogens is 2. The first-order valence-electron chi connectivity index (χ1n) is 13.9. The zero-order valence-electron chi connectivity index (χ0n) is 22.6. The molecule has 2 aliphatic heterocycles. The third-order valence-electron chi connectivity index (χ3n) is 7.70. The second-order valence-corrected chi connectivity index (χ2v) is 11.4. The maximum atomic E-state index is 6.01. The Balaban J connectivity index is 1.16. The molecule has 1 saturated heterocycles. The van der Waals surface area contributed by atoms with E-state index in [1.165, 1.54) is 24.0 Å². The number of benzene rings is 2. The van der Waals surface area contributed by atoms with Gasteiger partial charge in [-0.05, 0) is 84.9 Å². The van der Waals surface area contributed by atoms with E-state index in [1.807, 2.05) is 36.4 Å². The number of piperidine rings is 1. The zero-order valence-corrected chi connectivity index (χ0v) is 24.1. The van der Waals surface area contributed by atoms with Crippen LogP contribution in [0, 0.1) is 5.92 Å². The minimum atomic E-state index is 0.443. The number of nitrogens with zero attached hydrogens (tertiary/aromatic N) is 4. The number of anilines is 3. The van der Waals surface area contributed by atoms with Crippen LogP contribution in [0.3, 0.4) is 0 Å². The van der Waals surface area contributed by atoms with Crippen molar-refractivity contribution in [3.05, 3.63) is 88.6 Å². The van der Waals surface area contributed by atoms with Crippen LogP contribution in [-0.4, -0.2) is 34.7 Å². The summed E-state index contributed by atoms with van der Waals surface area (Å²) < 4.78 is 6.01. The van der Waals surface area contributed by atoms with Crippen LogP contribution in [0.2, 0.25) is 5.02 Å². The van der Waals surface area contributed by atoms with Crippen LogP contribution in [0.15, 0.2) is 71.1 Å². The molecule has 0 amide bonds. The third-order valence-corrected chi connectivity index (χ3v) is 8.20. The van der Waals surface area contributed by atoms with Gasteiger partial charge < -0.3 is 24.9 Å². The molecule has 2 aromatic heterocycles. The highest BCUT2D eigenvalue weighted by atomic mass is 35.5. The molecule has 0 saturated carbocycles. The summed E-state index contributed by atoms with van der Waals surface area (Å²) in [7, 11) is 0. The molecule has 2 N–H and O–H groups in total. The van der Waals surface area contributed by atoms with Crippen LogP contribution in [-0.2, 0) is 19.5 Å². The minimum Gasteiger partial charge on any atom is -0.459 e. The summed E-state index contributed by atoms with van der Waals surface area (Å²) in [5, 5.41) is 7.61. The van der Waals surface area contributed by atoms with Crippen molar-refractivity contribution in [2.45, 2.75) is 39.3 Å². The minimum absolute atomic E-state index is 0.443. The Hall–Kier alpha value is -3.62. The van der Waals surface area contributed by atoms with Gasteiger partial charge in [-0.15, -0.1) is 0 Å². The van der Waals surface area contributed by atoms with Crippen molar-refractivity contribution in [1.82, 2.24) is 15.3 Å². The number of thiocarbonyl (C=S) groups is 1. The Morgan fingerprint density at radius 2 is 1.68 bits per heavy atom. The fourth-order valence-electron chi connectivity index (χ4n) is 5.29. The number of nitrogens with one attached hydrogen (secondary N) is 2. The smallest absolute Gasteiger partial charge is 0.232 e. The zero-order chi connectivity index (χ0) is 27.5. The van der Waals surface area contributed by atoms with Gasteiger partial charge in [0, 0.05) is 42.8 Å². The van der Waals surface area contributed by atoms with Gasteiger partial charge in [0.05, 0.1) is 6.54 Å². The molecular weight excluding hydrogens is 540 g/mol. The largest absolute Gasteiger partial charge is 0.459 e. The lowest BCUT2D eigenvalue weighted by Crippen LogP contribution is -2.35. The predicted octanol–water partition coefficient (Wildman–Crippen LogP) is 6.68. The van der Waals surface area contributed by atoms with Crippen molar-refractivity contribution in [3.63, 3.8) is 0 Å². The summed E-state index contributed by atoms with van der Waals surface area (Å²) in [6.07, 6.45) is 3.33. The van der Waals surface area contributed by atoms with Gasteiger partial charge in [-0.2, -0.15) is 9.97 Å². The van der Waals surface area contributed by atoms with E-state index in [2.05, 4.69) is 57.7 Å². The van der Waals surface area contributed by atoms with E-state index >= 15 is 0 Å². The Kier molecular flexibility index (Phi) is 7.89. The highest BCUT2D eigenvalue weighted by Crippen LogP contribution is 2.29. The number of fused-ring (bicyclic) bond motifs is 1. The fourth-order valence-corrected chi connectivity index (χ4v) is 5.58. The van der Waals surface area contributed by atoms with Gasteiger partial charge in [-0.3, -0.25) is 0 Å². The van der Waals surface area contributed by atoms with Crippen LogP contribution >= 0.6 is 23.8 Å². The molecule has 0 radical (unpaired) electrons. The lowest BCUT2D eigenvalue weighted by Gasteiger charge is -2.33. The summed E-state index contributed by atoms with van der Waals surface area (Å²) in [6.45, 7) is 6.51. The van der Waals surface area contributed by atoms with Crippen LogP contribution in [0.4, 0.5) is 17.6 Å². The molecule has 9 heteroatoms. The van der Waals surface area contributed by atoms with Crippen molar-refractivity contribution in [2.75, 3.05) is 34.8 Å². The maximum Gasteiger partial charge on any atom is 0.232 e. The summed E-state index contributed by atoms with van der Waals surface area (Å²) in [5.41, 5.74) is 3.74. The molecule has 0 atom stereocenters. The van der Waals surface area contributed by atoms with E-state index in [0.29, 0.717) is 22.6 Å². The monoisotopic (exact) mass is 572 g/mol. The van der Waals surface area contributed by atoms with Crippen molar-refractivity contribution >= 4 is 46.5 Å². The van der Waals surface area contributed by atoms with Gasteiger partial charge in [0.2, 0.25) is 5.95 Å². The third kappa shape index (κ3) is 6.24. The standard InChI is InChI=1S/C31H33ClN6OS/c1-21-12-15-37(16-13-21)28-18-29(38-17-14-22-4-2-3-5-24(22)20-38)35-30(34-28)36-31(40)33-19-26-10-11-27(39-26)23-6-8-25(32)9-7-23/h2-11,18,21H,12-17,19-20H2,1H3,(H2,33,34,35,36,40). The van der Waals surface area contributed by atoms with Gasteiger partial charge in [0.1, 0.15) is 23.2 Å². The number of rotatable bonds is 6. The highest BCUT2D eigenvalue weighted by Gasteiger charge is 2.22. The van der Waals surface area contributed by atoms with E-state index in [4.69, 9.17) is 38.2 Å². The molecule has 0 unspecified atom stereocenters. The second-order valence-electron chi connectivity index (χ2n) is 10.6. The summed E-state index contributed by atoms with van der Waals surface area (Å²) >= 11 is 11.6. The maximum absolute atomic E-state index is 6.01. The molecule has 0 bridgehead atoms. The Morgan fingerprint density at radius 3 is 2.45 bits per heavy atom. The molecular formula is C31H33ClN6OS. The van der Waals surface area contributed by atoms with E-state index in [9.17, 15) is 0 Å². The van der Waals surface area contributed by atoms with Crippen LogP contribution in [0.1, 0.15) is 36.7 Å². The molecule has 4 aromatic rings. The van der Waals surface area contributed by atoms with Gasteiger partial charge in [0.25, 0.3) is 0 Å². The van der Waals surface area contributed by atoms with Crippen molar-refractivity contribution < 1.29 is 4.42 Å². The van der Waals surface area contributed by atoms with Crippen LogP contribution in [0.5, 0.6) is 0 Å². The first-order valence-corrected chi connectivity index (χ1v) is 14.6. The molecule has 1 fully saturated rings. The van der Waals surface area contributed by atoms with Gasteiger partial charge >= 0.3 is 0 Å².